The highest BCUT2D eigenvalue weighted by molar-refractivity contribution is 5.95. The molecule has 0 fully saturated rings. The summed E-state index contributed by atoms with van der Waals surface area (Å²) < 4.78 is 15.7. The number of anilines is 1. The molecule has 158 valence electrons. The molecule has 0 atom stereocenters. The molecule has 9 heteroatoms. The van der Waals surface area contributed by atoms with Crippen molar-refractivity contribution >= 4 is 11.7 Å². The van der Waals surface area contributed by atoms with Crippen molar-refractivity contribution in [3.05, 3.63) is 65.4 Å². The Kier molecular flexibility index (Phi) is 7.62. The Labute approximate surface area is 174 Å². The smallest absolute Gasteiger partial charge is 0.277 e. The SMILES string of the molecule is COc1cc(CNCCNC(=O)c2nonc2N)ccc1OCCc1ccccc1. The van der Waals surface area contributed by atoms with Gasteiger partial charge in [-0.05, 0) is 33.6 Å². The molecule has 0 saturated heterocycles. The number of carbonyl (C=O) groups excluding carboxylic acids is 1. The summed E-state index contributed by atoms with van der Waals surface area (Å²) in [7, 11) is 1.62. The highest BCUT2D eigenvalue weighted by atomic mass is 16.6. The van der Waals surface area contributed by atoms with E-state index in [1.165, 1.54) is 5.56 Å². The maximum atomic E-state index is 11.8. The second kappa shape index (κ2) is 10.8. The third kappa shape index (κ3) is 5.95. The molecule has 0 bridgehead atoms. The van der Waals surface area contributed by atoms with Crippen LogP contribution in [0.5, 0.6) is 11.5 Å². The van der Waals surface area contributed by atoms with E-state index in [4.69, 9.17) is 15.2 Å². The molecule has 0 aliphatic rings. The summed E-state index contributed by atoms with van der Waals surface area (Å²) in [6, 6.07) is 16.0. The maximum absolute atomic E-state index is 11.8. The van der Waals surface area contributed by atoms with Gasteiger partial charge < -0.3 is 25.8 Å². The number of nitrogen functional groups attached to an aromatic ring is 1. The summed E-state index contributed by atoms with van der Waals surface area (Å²) in [5, 5.41) is 12.8. The van der Waals surface area contributed by atoms with Gasteiger partial charge in [-0.15, -0.1) is 0 Å². The fraction of sp³-hybridized carbons (Fsp3) is 0.286. The van der Waals surface area contributed by atoms with Crippen LogP contribution in [0.3, 0.4) is 0 Å². The number of nitrogens with one attached hydrogen (secondary N) is 2. The summed E-state index contributed by atoms with van der Waals surface area (Å²) in [6.45, 7) is 2.16. The number of hydrogen-bond donors (Lipinski definition) is 3. The van der Waals surface area contributed by atoms with Crippen LogP contribution < -0.4 is 25.8 Å². The lowest BCUT2D eigenvalue weighted by molar-refractivity contribution is 0.0944. The molecule has 2 aromatic carbocycles. The average Bonchev–Trinajstić information content (AvgIpc) is 3.20. The monoisotopic (exact) mass is 411 g/mol. The molecule has 30 heavy (non-hydrogen) atoms. The van der Waals surface area contributed by atoms with Crippen molar-refractivity contribution in [3.63, 3.8) is 0 Å². The molecule has 0 aliphatic heterocycles. The Morgan fingerprint density at radius 3 is 2.63 bits per heavy atom. The number of hydrogen-bond acceptors (Lipinski definition) is 8. The standard InChI is InChI=1S/C21H25N5O4/c1-28-18-13-16(7-8-17(18)29-12-9-15-5-3-2-4-6-15)14-23-10-11-24-21(27)19-20(22)26-30-25-19/h2-8,13,23H,9-12,14H2,1H3,(H2,22,26)(H,24,27). The van der Waals surface area contributed by atoms with E-state index in [1.54, 1.807) is 7.11 Å². The number of nitrogens with two attached hydrogens (primary N) is 1. The Morgan fingerprint density at radius 2 is 1.90 bits per heavy atom. The second-order valence-corrected chi connectivity index (χ2v) is 6.50. The molecule has 9 nitrogen and oxygen atoms in total. The van der Waals surface area contributed by atoms with Gasteiger partial charge in [-0.3, -0.25) is 4.79 Å². The van der Waals surface area contributed by atoms with Gasteiger partial charge >= 0.3 is 0 Å². The molecule has 1 aromatic heterocycles. The molecular weight excluding hydrogens is 386 g/mol. The Morgan fingerprint density at radius 1 is 1.07 bits per heavy atom. The molecular formula is C21H25N5O4. The first-order chi connectivity index (χ1) is 14.7. The van der Waals surface area contributed by atoms with Crippen molar-refractivity contribution in [3.8, 4) is 11.5 Å². The van der Waals surface area contributed by atoms with Gasteiger partial charge in [-0.2, -0.15) is 0 Å². The summed E-state index contributed by atoms with van der Waals surface area (Å²) in [5.74, 6) is 0.945. The number of aromatic nitrogens is 2. The van der Waals surface area contributed by atoms with E-state index in [0.717, 1.165) is 12.0 Å². The molecule has 3 rings (SSSR count). The summed E-state index contributed by atoms with van der Waals surface area (Å²) in [5.41, 5.74) is 7.74. The Bertz CT molecular complexity index is 946. The van der Waals surface area contributed by atoms with E-state index >= 15 is 0 Å². The molecule has 0 aliphatic carbocycles. The zero-order valence-electron chi connectivity index (χ0n) is 16.8. The van der Waals surface area contributed by atoms with Crippen LogP contribution in [0.1, 0.15) is 21.6 Å². The third-order valence-electron chi connectivity index (χ3n) is 4.36. The molecule has 0 spiro atoms. The van der Waals surface area contributed by atoms with E-state index in [1.807, 2.05) is 36.4 Å². The van der Waals surface area contributed by atoms with Crippen molar-refractivity contribution in [2.45, 2.75) is 13.0 Å². The van der Waals surface area contributed by atoms with Gasteiger partial charge in [0, 0.05) is 26.1 Å². The number of rotatable bonds is 11. The van der Waals surface area contributed by atoms with Gasteiger partial charge in [0.15, 0.2) is 11.5 Å². The highest BCUT2D eigenvalue weighted by Gasteiger charge is 2.14. The largest absolute Gasteiger partial charge is 0.493 e. The van der Waals surface area contributed by atoms with Crippen LogP contribution in [0.25, 0.3) is 0 Å². The minimum absolute atomic E-state index is 0.0115. The molecule has 0 radical (unpaired) electrons. The van der Waals surface area contributed by atoms with Gasteiger partial charge in [-0.1, -0.05) is 36.4 Å². The second-order valence-electron chi connectivity index (χ2n) is 6.50. The van der Waals surface area contributed by atoms with Crippen LogP contribution in [0, 0.1) is 0 Å². The maximum Gasteiger partial charge on any atom is 0.277 e. The number of carbonyl (C=O) groups is 1. The normalized spacial score (nSPS) is 10.6. The van der Waals surface area contributed by atoms with Crippen LogP contribution >= 0.6 is 0 Å². The summed E-state index contributed by atoms with van der Waals surface area (Å²) in [4.78, 5) is 11.8. The van der Waals surface area contributed by atoms with Crippen molar-refractivity contribution in [1.82, 2.24) is 20.9 Å². The van der Waals surface area contributed by atoms with E-state index in [0.29, 0.717) is 37.7 Å². The number of amides is 1. The van der Waals surface area contributed by atoms with Crippen LogP contribution in [-0.2, 0) is 13.0 Å². The average molecular weight is 411 g/mol. The molecule has 0 unspecified atom stereocenters. The van der Waals surface area contributed by atoms with Gasteiger partial charge in [-0.25, -0.2) is 4.63 Å². The van der Waals surface area contributed by atoms with E-state index in [2.05, 4.69) is 37.7 Å². The topological polar surface area (TPSA) is 125 Å². The number of methoxy groups -OCH3 is 1. The van der Waals surface area contributed by atoms with Crippen LogP contribution in [0.2, 0.25) is 0 Å². The van der Waals surface area contributed by atoms with E-state index in [9.17, 15) is 4.79 Å². The highest BCUT2D eigenvalue weighted by Crippen LogP contribution is 2.28. The van der Waals surface area contributed by atoms with Crippen molar-refractivity contribution in [2.75, 3.05) is 32.5 Å². The Balaban J connectivity index is 1.40. The minimum Gasteiger partial charge on any atom is -0.493 e. The quantitative estimate of drug-likeness (QED) is 0.408. The zero-order chi connectivity index (χ0) is 21.2. The van der Waals surface area contributed by atoms with Crippen LogP contribution in [-0.4, -0.2) is 43.0 Å². The summed E-state index contributed by atoms with van der Waals surface area (Å²) in [6.07, 6.45) is 0.828. The number of benzene rings is 2. The van der Waals surface area contributed by atoms with Crippen LogP contribution in [0.4, 0.5) is 5.82 Å². The Hall–Kier alpha value is -3.59. The van der Waals surface area contributed by atoms with Crippen molar-refractivity contribution in [1.29, 1.82) is 0 Å². The van der Waals surface area contributed by atoms with Gasteiger partial charge in [0.1, 0.15) is 0 Å². The molecule has 1 heterocycles. The van der Waals surface area contributed by atoms with Crippen molar-refractivity contribution < 1.29 is 18.9 Å². The predicted octanol–water partition coefficient (Wildman–Crippen LogP) is 1.80. The molecule has 1 amide bonds. The third-order valence-corrected chi connectivity index (χ3v) is 4.36. The first-order valence-corrected chi connectivity index (χ1v) is 9.58. The van der Waals surface area contributed by atoms with Gasteiger partial charge in [0.25, 0.3) is 5.91 Å². The predicted molar refractivity (Wildman–Crippen MR) is 111 cm³/mol. The fourth-order valence-electron chi connectivity index (χ4n) is 2.80. The minimum atomic E-state index is -0.422. The number of nitrogens with zero attached hydrogens (tertiary/aromatic N) is 2. The van der Waals surface area contributed by atoms with Gasteiger partial charge in [0.05, 0.1) is 13.7 Å². The first-order valence-electron chi connectivity index (χ1n) is 9.58. The zero-order valence-corrected chi connectivity index (χ0v) is 16.8. The van der Waals surface area contributed by atoms with E-state index < -0.39 is 5.91 Å². The summed E-state index contributed by atoms with van der Waals surface area (Å²) >= 11 is 0. The first kappa shape index (κ1) is 21.1. The van der Waals surface area contributed by atoms with Gasteiger partial charge in [0.2, 0.25) is 11.5 Å². The number of ether oxygens (including phenoxy) is 2. The van der Waals surface area contributed by atoms with Crippen molar-refractivity contribution in [2.24, 2.45) is 0 Å². The van der Waals surface area contributed by atoms with E-state index in [-0.39, 0.29) is 11.5 Å². The fourth-order valence-corrected chi connectivity index (χ4v) is 2.80. The van der Waals surface area contributed by atoms with Crippen LogP contribution in [0.15, 0.2) is 53.2 Å². The lowest BCUT2D eigenvalue weighted by Crippen LogP contribution is -2.32. The lowest BCUT2D eigenvalue weighted by Gasteiger charge is -2.13. The molecule has 0 saturated carbocycles. The lowest BCUT2D eigenvalue weighted by atomic mass is 10.1. The molecule has 4 N–H and O–H groups in total. The molecule has 3 aromatic rings.